The van der Waals surface area contributed by atoms with E-state index in [1.54, 1.807) is 13.3 Å². The molecule has 1 aromatic heterocycles. The number of methoxy groups -OCH3 is 1. The second-order valence-corrected chi connectivity index (χ2v) is 9.11. The van der Waals surface area contributed by atoms with Gasteiger partial charge >= 0.3 is 0 Å². The molecule has 1 aliphatic heterocycles. The van der Waals surface area contributed by atoms with Crippen LogP contribution in [0.3, 0.4) is 0 Å². The molecule has 0 radical (unpaired) electrons. The Morgan fingerprint density at radius 1 is 1.20 bits per heavy atom. The van der Waals surface area contributed by atoms with Crippen molar-refractivity contribution in [1.82, 2.24) is 14.2 Å². The van der Waals surface area contributed by atoms with E-state index in [-0.39, 0.29) is 12.1 Å². The van der Waals surface area contributed by atoms with E-state index in [9.17, 15) is 8.42 Å². The third-order valence-corrected chi connectivity index (χ3v) is 6.74. The first-order chi connectivity index (χ1) is 12.0. The number of ether oxygens (including phenoxy) is 1. The van der Waals surface area contributed by atoms with Gasteiger partial charge in [-0.2, -0.15) is 4.31 Å². The lowest BCUT2D eigenvalue weighted by molar-refractivity contribution is 0.160. The molecule has 3 rings (SSSR count). The van der Waals surface area contributed by atoms with Crippen LogP contribution in [0.4, 0.5) is 0 Å². The number of sulfonamides is 1. The molecule has 1 aliphatic carbocycles. The van der Waals surface area contributed by atoms with Gasteiger partial charge in [0.15, 0.2) is 0 Å². The van der Waals surface area contributed by atoms with E-state index >= 15 is 0 Å². The first kappa shape index (κ1) is 18.6. The van der Waals surface area contributed by atoms with Crippen LogP contribution < -0.4 is 4.74 Å². The van der Waals surface area contributed by atoms with Crippen LogP contribution in [-0.2, 0) is 16.6 Å². The first-order valence-electron chi connectivity index (χ1n) is 9.17. The fourth-order valence-corrected chi connectivity index (χ4v) is 5.44. The van der Waals surface area contributed by atoms with Crippen molar-refractivity contribution in [2.75, 3.05) is 26.5 Å². The lowest BCUT2D eigenvalue weighted by Crippen LogP contribution is -2.49. The Bertz CT molecular complexity index is 676. The van der Waals surface area contributed by atoms with Crippen molar-refractivity contribution in [3.63, 3.8) is 0 Å². The average Bonchev–Trinajstić information content (AvgIpc) is 2.75. The Morgan fingerprint density at radius 3 is 2.56 bits per heavy atom. The van der Waals surface area contributed by atoms with Crippen molar-refractivity contribution in [3.8, 4) is 5.75 Å². The van der Waals surface area contributed by atoms with Crippen LogP contribution in [0, 0.1) is 0 Å². The number of hydrogen-bond acceptors (Lipinski definition) is 5. The quantitative estimate of drug-likeness (QED) is 0.772. The molecule has 140 valence electrons. The highest BCUT2D eigenvalue weighted by molar-refractivity contribution is 7.88. The van der Waals surface area contributed by atoms with Gasteiger partial charge in [-0.05, 0) is 44.7 Å². The molecule has 1 atom stereocenters. The summed E-state index contributed by atoms with van der Waals surface area (Å²) in [5.41, 5.74) is 0.997. The maximum Gasteiger partial charge on any atom is 0.211 e. The van der Waals surface area contributed by atoms with Gasteiger partial charge in [-0.25, -0.2) is 8.42 Å². The van der Waals surface area contributed by atoms with E-state index in [1.165, 1.54) is 6.26 Å². The smallest absolute Gasteiger partial charge is 0.211 e. The highest BCUT2D eigenvalue weighted by Crippen LogP contribution is 2.32. The molecule has 2 heterocycles. The number of rotatable bonds is 6. The van der Waals surface area contributed by atoms with Crippen molar-refractivity contribution in [3.05, 3.63) is 24.0 Å². The van der Waals surface area contributed by atoms with Gasteiger partial charge in [-0.1, -0.05) is 6.42 Å². The zero-order chi connectivity index (χ0) is 17.9. The van der Waals surface area contributed by atoms with Crippen LogP contribution in [0.1, 0.15) is 44.2 Å². The minimum absolute atomic E-state index is 0.142. The normalized spacial score (nSPS) is 23.2. The summed E-state index contributed by atoms with van der Waals surface area (Å²) >= 11 is 0. The van der Waals surface area contributed by atoms with Crippen LogP contribution in [-0.4, -0.2) is 61.1 Å². The molecule has 1 saturated carbocycles. The van der Waals surface area contributed by atoms with E-state index in [0.717, 1.165) is 69.6 Å². The van der Waals surface area contributed by atoms with Gasteiger partial charge in [0.1, 0.15) is 5.75 Å². The maximum atomic E-state index is 12.3. The minimum Gasteiger partial charge on any atom is -0.497 e. The van der Waals surface area contributed by atoms with Crippen molar-refractivity contribution in [1.29, 1.82) is 0 Å². The summed E-state index contributed by atoms with van der Waals surface area (Å²) in [4.78, 5) is 6.81. The van der Waals surface area contributed by atoms with Crippen molar-refractivity contribution in [2.24, 2.45) is 0 Å². The molecule has 1 unspecified atom stereocenters. The van der Waals surface area contributed by atoms with Crippen molar-refractivity contribution < 1.29 is 13.2 Å². The Labute approximate surface area is 151 Å². The van der Waals surface area contributed by atoms with Crippen LogP contribution in [0.25, 0.3) is 0 Å². The molecule has 2 fully saturated rings. The van der Waals surface area contributed by atoms with E-state index in [4.69, 9.17) is 4.74 Å². The fraction of sp³-hybridized carbons (Fsp3) is 0.722. The zero-order valence-corrected chi connectivity index (χ0v) is 16.0. The molecule has 25 heavy (non-hydrogen) atoms. The lowest BCUT2D eigenvalue weighted by atomic mass is 9.91. The van der Waals surface area contributed by atoms with Crippen LogP contribution >= 0.6 is 0 Å². The predicted octanol–water partition coefficient (Wildman–Crippen LogP) is 2.26. The van der Waals surface area contributed by atoms with Crippen molar-refractivity contribution in [2.45, 2.75) is 57.2 Å². The zero-order valence-electron chi connectivity index (χ0n) is 15.2. The third-order valence-electron chi connectivity index (χ3n) is 5.38. The second kappa shape index (κ2) is 8.01. The van der Waals surface area contributed by atoms with Crippen molar-refractivity contribution >= 4 is 10.0 Å². The summed E-state index contributed by atoms with van der Waals surface area (Å²) in [6, 6.07) is 4.19. The van der Waals surface area contributed by atoms with Gasteiger partial charge in [-0.15, -0.1) is 0 Å². The SMILES string of the molecule is COc1ccnc(CN2CCCC(N(C3CCC3)S(C)(=O)=O)CC2)c1. The molecule has 6 nitrogen and oxygen atoms in total. The van der Waals surface area contributed by atoms with E-state index in [2.05, 4.69) is 9.88 Å². The topological polar surface area (TPSA) is 62.7 Å². The molecular weight excluding hydrogens is 338 g/mol. The molecule has 0 aromatic carbocycles. The molecule has 1 aromatic rings. The Morgan fingerprint density at radius 2 is 1.92 bits per heavy atom. The molecule has 2 aliphatic rings. The Kier molecular flexibility index (Phi) is 5.96. The summed E-state index contributed by atoms with van der Waals surface area (Å²) in [6.45, 7) is 2.67. The van der Waals surface area contributed by atoms with Gasteiger partial charge < -0.3 is 4.74 Å². The molecule has 0 bridgehead atoms. The fourth-order valence-electron chi connectivity index (χ4n) is 3.93. The van der Waals surface area contributed by atoms with Crippen LogP contribution in [0.5, 0.6) is 5.75 Å². The summed E-state index contributed by atoms with van der Waals surface area (Å²) in [6.07, 6.45) is 9.19. The van der Waals surface area contributed by atoms with Gasteiger partial charge in [-0.3, -0.25) is 9.88 Å². The Hall–Kier alpha value is -1.18. The second-order valence-electron chi connectivity index (χ2n) is 7.23. The van der Waals surface area contributed by atoms with E-state index in [0.29, 0.717) is 0 Å². The first-order valence-corrected chi connectivity index (χ1v) is 11.0. The largest absolute Gasteiger partial charge is 0.497 e. The third kappa shape index (κ3) is 4.71. The number of aromatic nitrogens is 1. The Balaban J connectivity index is 1.63. The molecule has 1 saturated heterocycles. The number of pyridine rings is 1. The molecule has 7 heteroatoms. The summed E-state index contributed by atoms with van der Waals surface area (Å²) in [7, 11) is -1.48. The summed E-state index contributed by atoms with van der Waals surface area (Å²) < 4.78 is 31.7. The van der Waals surface area contributed by atoms with Gasteiger partial charge in [0.25, 0.3) is 0 Å². The summed E-state index contributed by atoms with van der Waals surface area (Å²) in [5.74, 6) is 0.825. The number of likely N-dealkylation sites (tertiary alicyclic amines) is 1. The van der Waals surface area contributed by atoms with Gasteiger partial charge in [0.2, 0.25) is 10.0 Å². The van der Waals surface area contributed by atoms with Crippen LogP contribution in [0.15, 0.2) is 18.3 Å². The lowest BCUT2D eigenvalue weighted by Gasteiger charge is -2.40. The number of hydrogen-bond donors (Lipinski definition) is 0. The summed E-state index contributed by atoms with van der Waals surface area (Å²) in [5, 5.41) is 0. The highest BCUT2D eigenvalue weighted by atomic mass is 32.2. The monoisotopic (exact) mass is 367 g/mol. The molecule has 0 N–H and O–H groups in total. The standard InChI is InChI=1S/C18H29N3O3S/c1-24-18-8-10-19-15(13-18)14-20-11-4-7-17(9-12-20)21(25(2,22)23)16-5-3-6-16/h8,10,13,16-17H,3-7,9,11-12,14H2,1-2H3. The predicted molar refractivity (Wildman–Crippen MR) is 98.0 cm³/mol. The maximum absolute atomic E-state index is 12.3. The van der Waals surface area contributed by atoms with Gasteiger partial charge in [0.05, 0.1) is 19.1 Å². The van der Waals surface area contributed by atoms with E-state index in [1.807, 2.05) is 16.4 Å². The number of nitrogens with zero attached hydrogens (tertiary/aromatic N) is 3. The highest BCUT2D eigenvalue weighted by Gasteiger charge is 2.37. The van der Waals surface area contributed by atoms with E-state index < -0.39 is 10.0 Å². The minimum atomic E-state index is -3.14. The molecule has 0 amide bonds. The van der Waals surface area contributed by atoms with Crippen LogP contribution in [0.2, 0.25) is 0 Å². The molecular formula is C18H29N3O3S. The molecule has 0 spiro atoms. The average molecular weight is 368 g/mol. The van der Waals surface area contributed by atoms with Gasteiger partial charge in [0, 0.05) is 37.4 Å².